The Morgan fingerprint density at radius 2 is 1.45 bits per heavy atom. The van der Waals surface area contributed by atoms with Crippen molar-refractivity contribution in [2.75, 3.05) is 24.2 Å². The van der Waals surface area contributed by atoms with Crippen molar-refractivity contribution in [1.29, 1.82) is 0 Å². The predicted octanol–water partition coefficient (Wildman–Crippen LogP) is 6.39. The minimum Gasteiger partial charge on any atom is -0.354 e. The third-order valence-corrected chi connectivity index (χ3v) is 6.85. The van der Waals surface area contributed by atoms with Gasteiger partial charge in [-0.05, 0) is 60.5 Å². The molecule has 0 fully saturated rings. The molecule has 6 heteroatoms. The zero-order valence-corrected chi connectivity index (χ0v) is 22.9. The van der Waals surface area contributed by atoms with E-state index in [1.165, 1.54) is 11.1 Å². The van der Waals surface area contributed by atoms with Gasteiger partial charge < -0.3 is 16.0 Å². The van der Waals surface area contributed by atoms with Crippen LogP contribution in [-0.4, -0.2) is 30.3 Å². The second-order valence-corrected chi connectivity index (χ2v) is 10.1. The first kappa shape index (κ1) is 26.9. The zero-order chi connectivity index (χ0) is 27.9. The van der Waals surface area contributed by atoms with Crippen LogP contribution in [0.2, 0.25) is 0 Å². The average molecular weight is 531 g/mol. The number of rotatable bonds is 10. The van der Waals surface area contributed by atoms with Crippen LogP contribution >= 0.6 is 0 Å². The Bertz CT molecular complexity index is 1510. The van der Waals surface area contributed by atoms with Crippen molar-refractivity contribution in [2.24, 2.45) is 0 Å². The van der Waals surface area contributed by atoms with E-state index in [0.29, 0.717) is 34.6 Å². The van der Waals surface area contributed by atoms with Crippen molar-refractivity contribution in [3.8, 4) is 0 Å². The molecule has 2 amide bonds. The van der Waals surface area contributed by atoms with Crippen LogP contribution in [0.3, 0.4) is 0 Å². The molecule has 4 aromatic rings. The van der Waals surface area contributed by atoms with E-state index in [2.05, 4.69) is 64.3 Å². The van der Waals surface area contributed by atoms with Crippen LogP contribution in [-0.2, 0) is 17.9 Å². The number of hydrogen-bond acceptors (Lipinski definition) is 4. The molecule has 5 rings (SSSR count). The maximum atomic E-state index is 13.3. The lowest BCUT2D eigenvalue weighted by atomic mass is 9.98. The maximum absolute atomic E-state index is 13.3. The van der Waals surface area contributed by atoms with Crippen LogP contribution in [0.5, 0.6) is 0 Å². The fourth-order valence-electron chi connectivity index (χ4n) is 4.88. The molecule has 0 bridgehead atoms. The Labute approximate surface area is 235 Å². The van der Waals surface area contributed by atoms with E-state index in [1.54, 1.807) is 18.2 Å². The highest BCUT2D eigenvalue weighted by Gasteiger charge is 2.29. The molecule has 0 radical (unpaired) electrons. The average Bonchev–Trinajstić information content (AvgIpc) is 3.31. The van der Waals surface area contributed by atoms with Crippen molar-refractivity contribution >= 4 is 34.5 Å². The predicted molar refractivity (Wildman–Crippen MR) is 163 cm³/mol. The molecule has 0 spiro atoms. The Morgan fingerprint density at radius 3 is 2.12 bits per heavy atom. The number of anilines is 2. The topological polar surface area (TPSA) is 73.5 Å². The highest BCUT2D eigenvalue weighted by atomic mass is 16.2. The van der Waals surface area contributed by atoms with Crippen molar-refractivity contribution in [2.45, 2.75) is 26.4 Å². The molecule has 1 aliphatic rings. The van der Waals surface area contributed by atoms with Gasteiger partial charge in [0.15, 0.2) is 0 Å². The Kier molecular flexibility index (Phi) is 8.38. The first-order valence-corrected chi connectivity index (χ1v) is 13.6. The molecule has 6 nitrogen and oxygen atoms in total. The molecule has 0 aromatic heterocycles. The van der Waals surface area contributed by atoms with Gasteiger partial charge in [0.1, 0.15) is 0 Å². The van der Waals surface area contributed by atoms with Gasteiger partial charge in [0.2, 0.25) is 0 Å². The first-order valence-electron chi connectivity index (χ1n) is 13.6. The fraction of sp³-hybridized carbons (Fsp3) is 0.176. The van der Waals surface area contributed by atoms with Gasteiger partial charge in [-0.25, -0.2) is 0 Å². The second kappa shape index (κ2) is 12.5. The first-order chi connectivity index (χ1) is 19.5. The lowest BCUT2D eigenvalue weighted by Gasteiger charge is -2.18. The summed E-state index contributed by atoms with van der Waals surface area (Å²) in [4.78, 5) is 28.3. The minimum atomic E-state index is -0.202. The minimum absolute atomic E-state index is 0.148. The normalized spacial score (nSPS) is 13.5. The number of fused-ring (bicyclic) bond motifs is 1. The van der Waals surface area contributed by atoms with Crippen molar-refractivity contribution < 1.29 is 9.59 Å². The molecule has 0 atom stereocenters. The molecule has 0 aliphatic carbocycles. The molecular weight excluding hydrogens is 496 g/mol. The quantitative estimate of drug-likeness (QED) is 0.208. The summed E-state index contributed by atoms with van der Waals surface area (Å²) in [5.74, 6) is -0.350. The van der Waals surface area contributed by atoms with Crippen LogP contribution in [0.25, 0.3) is 11.3 Å². The van der Waals surface area contributed by atoms with Crippen molar-refractivity contribution in [3.63, 3.8) is 0 Å². The van der Waals surface area contributed by atoms with E-state index in [4.69, 9.17) is 0 Å². The van der Waals surface area contributed by atoms with Gasteiger partial charge in [0.05, 0.1) is 11.3 Å². The number of nitrogens with zero attached hydrogens (tertiary/aromatic N) is 1. The van der Waals surface area contributed by atoms with Crippen molar-refractivity contribution in [1.82, 2.24) is 10.2 Å². The zero-order valence-electron chi connectivity index (χ0n) is 22.9. The van der Waals surface area contributed by atoms with E-state index in [0.717, 1.165) is 30.8 Å². The smallest absolute Gasteiger partial charge is 0.258 e. The Hall–Kier alpha value is -4.68. The summed E-state index contributed by atoms with van der Waals surface area (Å²) in [5, 5.41) is 9.41. The fourth-order valence-corrected chi connectivity index (χ4v) is 4.88. The standard InChI is InChI=1S/C34H34N4O2/c1-3-20-35-33(39)27-16-19-30-29(21-27)31(34(40)37-30)32(26-12-8-5-9-13-26)36-28-17-14-25(15-18-28)23-38(2)22-24-10-6-4-7-11-24/h4-19,21,36H,3,20,22-23H2,1-2H3,(H,35,39)(H,37,40)/b32-31-. The summed E-state index contributed by atoms with van der Waals surface area (Å²) in [7, 11) is 2.12. The van der Waals surface area contributed by atoms with Gasteiger partial charge in [-0.15, -0.1) is 0 Å². The van der Waals surface area contributed by atoms with E-state index < -0.39 is 0 Å². The van der Waals surface area contributed by atoms with Crippen LogP contribution in [0.1, 0.15) is 46.0 Å². The third kappa shape index (κ3) is 6.30. The monoisotopic (exact) mass is 530 g/mol. The number of benzene rings is 4. The van der Waals surface area contributed by atoms with E-state index in [1.807, 2.05) is 55.5 Å². The second-order valence-electron chi connectivity index (χ2n) is 10.1. The number of amides is 2. The van der Waals surface area contributed by atoms with Gasteiger partial charge in [-0.2, -0.15) is 0 Å². The van der Waals surface area contributed by atoms with Crippen molar-refractivity contribution in [3.05, 3.63) is 131 Å². The number of hydrogen-bond donors (Lipinski definition) is 3. The molecular formula is C34H34N4O2. The molecule has 202 valence electrons. The number of carbonyl (C=O) groups excluding carboxylic acids is 2. The molecule has 1 aliphatic heterocycles. The molecule has 3 N–H and O–H groups in total. The summed E-state index contributed by atoms with van der Waals surface area (Å²) in [6.45, 7) is 4.31. The largest absolute Gasteiger partial charge is 0.354 e. The summed E-state index contributed by atoms with van der Waals surface area (Å²) in [5.41, 5.74) is 7.37. The van der Waals surface area contributed by atoms with Gasteiger partial charge >= 0.3 is 0 Å². The highest BCUT2D eigenvalue weighted by molar-refractivity contribution is 6.37. The number of nitrogens with one attached hydrogen (secondary N) is 3. The Morgan fingerprint density at radius 1 is 0.800 bits per heavy atom. The SMILES string of the molecule is CCCNC(=O)c1ccc2c(c1)/C(=C(/Nc1ccc(CN(C)Cc3ccccc3)cc1)c1ccccc1)C(=O)N2. The van der Waals surface area contributed by atoms with Gasteiger partial charge in [-0.3, -0.25) is 14.5 Å². The molecule has 40 heavy (non-hydrogen) atoms. The summed E-state index contributed by atoms with van der Waals surface area (Å²) >= 11 is 0. The van der Waals surface area contributed by atoms with Crippen LogP contribution in [0.4, 0.5) is 11.4 Å². The lowest BCUT2D eigenvalue weighted by Crippen LogP contribution is -2.23. The lowest BCUT2D eigenvalue weighted by molar-refractivity contribution is -0.110. The number of carbonyl (C=O) groups is 2. The maximum Gasteiger partial charge on any atom is 0.258 e. The van der Waals surface area contributed by atoms with Crippen LogP contribution in [0.15, 0.2) is 103 Å². The molecule has 4 aromatic carbocycles. The molecule has 0 saturated carbocycles. The van der Waals surface area contributed by atoms with Gasteiger partial charge in [-0.1, -0.05) is 79.7 Å². The van der Waals surface area contributed by atoms with Gasteiger partial charge in [0, 0.05) is 42.1 Å². The Balaban J connectivity index is 1.43. The van der Waals surface area contributed by atoms with Crippen LogP contribution < -0.4 is 16.0 Å². The summed E-state index contributed by atoms with van der Waals surface area (Å²) in [6.07, 6.45) is 0.853. The van der Waals surface area contributed by atoms with Crippen LogP contribution in [0, 0.1) is 0 Å². The third-order valence-electron chi connectivity index (χ3n) is 6.85. The molecule has 0 saturated heterocycles. The van der Waals surface area contributed by atoms with E-state index >= 15 is 0 Å². The molecule has 0 unspecified atom stereocenters. The van der Waals surface area contributed by atoms with E-state index in [9.17, 15) is 9.59 Å². The molecule has 1 heterocycles. The summed E-state index contributed by atoms with van der Waals surface area (Å²) < 4.78 is 0. The van der Waals surface area contributed by atoms with E-state index in [-0.39, 0.29) is 11.8 Å². The van der Waals surface area contributed by atoms with Gasteiger partial charge in [0.25, 0.3) is 11.8 Å². The highest BCUT2D eigenvalue weighted by Crippen LogP contribution is 2.38. The summed E-state index contributed by atoms with van der Waals surface area (Å²) in [6, 6.07) is 33.9.